The summed E-state index contributed by atoms with van der Waals surface area (Å²) < 4.78 is 1.65. The van der Waals surface area contributed by atoms with E-state index >= 15 is 0 Å². The number of anilines is 1. The molecule has 1 aromatic carbocycles. The summed E-state index contributed by atoms with van der Waals surface area (Å²) in [4.78, 5) is 11.0. The number of para-hydroxylation sites is 1. The van der Waals surface area contributed by atoms with Crippen molar-refractivity contribution in [3.63, 3.8) is 0 Å². The number of carbonyl (C=O) groups is 1. The minimum atomic E-state index is -1.04. The third-order valence-electron chi connectivity index (χ3n) is 2.55. The van der Waals surface area contributed by atoms with Crippen molar-refractivity contribution in [2.75, 3.05) is 5.73 Å². The van der Waals surface area contributed by atoms with Crippen LogP contribution in [0.2, 0.25) is 0 Å². The molecule has 0 unspecified atom stereocenters. The predicted octanol–water partition coefficient (Wildman–Crippen LogP) is 1.77. The molecule has 17 heavy (non-hydrogen) atoms. The standard InChI is InChI=1S/C12H13N3O2/c1-7-6-8(2)15(14-7)10-5-3-4-9(11(10)13)12(16)17/h3-6H,13H2,1-2H3,(H,16,17). The average molecular weight is 231 g/mol. The van der Waals surface area contributed by atoms with Crippen molar-refractivity contribution in [1.82, 2.24) is 9.78 Å². The molecule has 3 N–H and O–H groups in total. The van der Waals surface area contributed by atoms with Gasteiger partial charge in [-0.05, 0) is 32.0 Å². The van der Waals surface area contributed by atoms with E-state index in [9.17, 15) is 4.79 Å². The first-order chi connectivity index (χ1) is 8.00. The number of hydrogen-bond acceptors (Lipinski definition) is 3. The van der Waals surface area contributed by atoms with Gasteiger partial charge in [0.25, 0.3) is 0 Å². The number of hydrogen-bond donors (Lipinski definition) is 2. The molecule has 0 spiro atoms. The van der Waals surface area contributed by atoms with Crippen molar-refractivity contribution in [1.29, 1.82) is 0 Å². The Balaban J connectivity index is 2.64. The SMILES string of the molecule is Cc1cc(C)n(-c2cccc(C(=O)O)c2N)n1. The minimum Gasteiger partial charge on any atom is -0.478 e. The van der Waals surface area contributed by atoms with Gasteiger partial charge in [0.15, 0.2) is 0 Å². The Morgan fingerprint density at radius 3 is 2.65 bits per heavy atom. The molecule has 0 fully saturated rings. The molecule has 0 radical (unpaired) electrons. The lowest BCUT2D eigenvalue weighted by atomic mass is 10.1. The predicted molar refractivity (Wildman–Crippen MR) is 64.4 cm³/mol. The van der Waals surface area contributed by atoms with Gasteiger partial charge in [-0.15, -0.1) is 0 Å². The fraction of sp³-hybridized carbons (Fsp3) is 0.167. The number of aromatic carboxylic acids is 1. The van der Waals surface area contributed by atoms with E-state index in [4.69, 9.17) is 10.8 Å². The topological polar surface area (TPSA) is 81.1 Å². The van der Waals surface area contributed by atoms with Gasteiger partial charge < -0.3 is 10.8 Å². The number of aryl methyl sites for hydroxylation is 2. The second kappa shape index (κ2) is 3.93. The Bertz CT molecular complexity index is 587. The summed E-state index contributed by atoms with van der Waals surface area (Å²) in [5.74, 6) is -1.04. The first-order valence-electron chi connectivity index (χ1n) is 5.16. The highest BCUT2D eigenvalue weighted by Crippen LogP contribution is 2.22. The lowest BCUT2D eigenvalue weighted by Gasteiger charge is -2.09. The van der Waals surface area contributed by atoms with Crippen LogP contribution in [0, 0.1) is 13.8 Å². The third kappa shape index (κ3) is 1.87. The number of aromatic nitrogens is 2. The summed E-state index contributed by atoms with van der Waals surface area (Å²) in [6.45, 7) is 3.77. The summed E-state index contributed by atoms with van der Waals surface area (Å²) >= 11 is 0. The van der Waals surface area contributed by atoms with Crippen LogP contribution in [-0.4, -0.2) is 20.9 Å². The van der Waals surface area contributed by atoms with E-state index in [1.807, 2.05) is 19.9 Å². The van der Waals surface area contributed by atoms with Crippen LogP contribution >= 0.6 is 0 Å². The average Bonchev–Trinajstić information content (AvgIpc) is 2.57. The van der Waals surface area contributed by atoms with Crippen LogP contribution in [0.4, 0.5) is 5.69 Å². The number of carboxylic acid groups (broad SMARTS) is 1. The highest BCUT2D eigenvalue weighted by atomic mass is 16.4. The molecule has 1 aromatic heterocycles. The highest BCUT2D eigenvalue weighted by Gasteiger charge is 2.13. The van der Waals surface area contributed by atoms with E-state index in [0.717, 1.165) is 11.4 Å². The van der Waals surface area contributed by atoms with E-state index in [1.165, 1.54) is 6.07 Å². The van der Waals surface area contributed by atoms with Gasteiger partial charge in [0.05, 0.1) is 22.6 Å². The van der Waals surface area contributed by atoms with Crippen molar-refractivity contribution in [3.05, 3.63) is 41.2 Å². The molecular weight excluding hydrogens is 218 g/mol. The molecule has 0 saturated heterocycles. The fourth-order valence-corrected chi connectivity index (χ4v) is 1.80. The Morgan fingerprint density at radius 2 is 2.12 bits per heavy atom. The zero-order chi connectivity index (χ0) is 12.6. The molecule has 0 bridgehead atoms. The van der Waals surface area contributed by atoms with Gasteiger partial charge >= 0.3 is 5.97 Å². The Kier molecular flexibility index (Phi) is 2.59. The molecule has 5 heteroatoms. The van der Waals surface area contributed by atoms with Crippen LogP contribution in [0.5, 0.6) is 0 Å². The van der Waals surface area contributed by atoms with Crippen LogP contribution in [0.15, 0.2) is 24.3 Å². The second-order valence-electron chi connectivity index (χ2n) is 3.88. The lowest BCUT2D eigenvalue weighted by molar-refractivity contribution is 0.0698. The fourth-order valence-electron chi connectivity index (χ4n) is 1.80. The minimum absolute atomic E-state index is 0.0926. The van der Waals surface area contributed by atoms with Crippen LogP contribution in [0.1, 0.15) is 21.7 Å². The molecule has 5 nitrogen and oxygen atoms in total. The van der Waals surface area contributed by atoms with Gasteiger partial charge in [0.2, 0.25) is 0 Å². The maximum atomic E-state index is 11.0. The smallest absolute Gasteiger partial charge is 0.337 e. The summed E-state index contributed by atoms with van der Waals surface area (Å²) in [5.41, 5.74) is 8.54. The molecule has 0 aliphatic carbocycles. The quantitative estimate of drug-likeness (QED) is 0.772. The zero-order valence-electron chi connectivity index (χ0n) is 9.64. The number of nitrogens with two attached hydrogens (primary N) is 1. The monoisotopic (exact) mass is 231 g/mol. The van der Waals surface area contributed by atoms with E-state index in [1.54, 1.807) is 16.8 Å². The molecule has 2 aromatic rings. The van der Waals surface area contributed by atoms with Gasteiger partial charge in [0.1, 0.15) is 0 Å². The highest BCUT2D eigenvalue weighted by molar-refractivity contribution is 5.95. The van der Waals surface area contributed by atoms with Crippen molar-refractivity contribution < 1.29 is 9.90 Å². The maximum Gasteiger partial charge on any atom is 0.337 e. The number of nitrogens with zero attached hydrogens (tertiary/aromatic N) is 2. The maximum absolute atomic E-state index is 11.0. The van der Waals surface area contributed by atoms with E-state index in [-0.39, 0.29) is 11.3 Å². The van der Waals surface area contributed by atoms with Crippen molar-refractivity contribution in [2.24, 2.45) is 0 Å². The molecule has 1 heterocycles. The van der Waals surface area contributed by atoms with E-state index in [0.29, 0.717) is 5.69 Å². The van der Waals surface area contributed by atoms with Crippen LogP contribution in [-0.2, 0) is 0 Å². The van der Waals surface area contributed by atoms with Gasteiger partial charge in [-0.3, -0.25) is 0 Å². The van der Waals surface area contributed by atoms with Gasteiger partial charge in [0, 0.05) is 5.69 Å². The summed E-state index contributed by atoms with van der Waals surface area (Å²) in [6, 6.07) is 6.80. The van der Waals surface area contributed by atoms with Gasteiger partial charge in [-0.25, -0.2) is 9.48 Å². The number of rotatable bonds is 2. The van der Waals surface area contributed by atoms with E-state index < -0.39 is 5.97 Å². The van der Waals surface area contributed by atoms with Crippen molar-refractivity contribution >= 4 is 11.7 Å². The molecule has 0 saturated carbocycles. The van der Waals surface area contributed by atoms with Crippen LogP contribution < -0.4 is 5.73 Å². The van der Waals surface area contributed by atoms with Gasteiger partial charge in [-0.2, -0.15) is 5.10 Å². The molecule has 2 rings (SSSR count). The van der Waals surface area contributed by atoms with Gasteiger partial charge in [-0.1, -0.05) is 6.07 Å². The molecular formula is C12H13N3O2. The Morgan fingerprint density at radius 1 is 1.41 bits per heavy atom. The Hall–Kier alpha value is -2.30. The molecule has 0 atom stereocenters. The largest absolute Gasteiger partial charge is 0.478 e. The Labute approximate surface area is 98.5 Å². The van der Waals surface area contributed by atoms with E-state index in [2.05, 4.69) is 5.10 Å². The second-order valence-corrected chi connectivity index (χ2v) is 3.88. The van der Waals surface area contributed by atoms with Crippen molar-refractivity contribution in [2.45, 2.75) is 13.8 Å². The normalized spacial score (nSPS) is 10.5. The van der Waals surface area contributed by atoms with Crippen LogP contribution in [0.3, 0.4) is 0 Å². The van der Waals surface area contributed by atoms with Crippen LogP contribution in [0.25, 0.3) is 5.69 Å². The summed E-state index contributed by atoms with van der Waals surface area (Å²) in [7, 11) is 0. The number of nitrogen functional groups attached to an aromatic ring is 1. The molecule has 88 valence electrons. The number of carboxylic acids is 1. The first kappa shape index (κ1) is 11.2. The summed E-state index contributed by atoms with van der Waals surface area (Å²) in [5, 5.41) is 13.3. The first-order valence-corrected chi connectivity index (χ1v) is 5.16. The number of benzene rings is 1. The van der Waals surface area contributed by atoms with Crippen molar-refractivity contribution in [3.8, 4) is 5.69 Å². The molecule has 0 aliphatic rings. The lowest BCUT2D eigenvalue weighted by Crippen LogP contribution is -2.08. The molecule has 0 aliphatic heterocycles. The third-order valence-corrected chi connectivity index (χ3v) is 2.55. The summed E-state index contributed by atoms with van der Waals surface area (Å²) in [6.07, 6.45) is 0. The zero-order valence-corrected chi connectivity index (χ0v) is 9.64. The molecule has 0 amide bonds.